The molecule has 2 aromatic carbocycles. The van der Waals surface area contributed by atoms with Crippen molar-refractivity contribution in [3.8, 4) is 11.5 Å². The Balaban J connectivity index is 1.68. The van der Waals surface area contributed by atoms with Crippen molar-refractivity contribution in [2.45, 2.75) is 0 Å². The number of amides is 1. The van der Waals surface area contributed by atoms with E-state index in [0.717, 1.165) is 5.56 Å². The minimum Gasteiger partial charge on any atom is -0.423 e. The molecule has 5 nitrogen and oxygen atoms in total. The first-order valence-corrected chi connectivity index (χ1v) is 7.69. The lowest BCUT2D eigenvalue weighted by Crippen LogP contribution is -2.07. The number of carbonyl (C=O) groups is 1. The van der Waals surface area contributed by atoms with E-state index < -0.39 is 0 Å². The molecule has 0 saturated carbocycles. The number of hydrogen-bond donors (Lipinski definition) is 1. The van der Waals surface area contributed by atoms with Crippen molar-refractivity contribution in [3.05, 3.63) is 70.5 Å². The molecular formula is C17H11Cl2N3O2. The summed E-state index contributed by atoms with van der Waals surface area (Å²) in [6, 6.07) is 12.2. The van der Waals surface area contributed by atoms with Crippen molar-refractivity contribution in [1.82, 2.24) is 10.2 Å². The molecule has 0 atom stereocenters. The molecule has 120 valence electrons. The van der Waals surface area contributed by atoms with E-state index in [1.165, 1.54) is 12.5 Å². The van der Waals surface area contributed by atoms with Crippen LogP contribution in [0, 0.1) is 0 Å². The molecule has 3 aromatic rings. The van der Waals surface area contributed by atoms with Crippen LogP contribution in [0.15, 0.2) is 59.4 Å². The first kappa shape index (κ1) is 16.2. The lowest BCUT2D eigenvalue weighted by Gasteiger charge is -2.03. The Hall–Kier alpha value is -2.63. The summed E-state index contributed by atoms with van der Waals surface area (Å²) in [5.41, 5.74) is 2.00. The van der Waals surface area contributed by atoms with Gasteiger partial charge in [-0.05, 0) is 42.5 Å². The van der Waals surface area contributed by atoms with Crippen molar-refractivity contribution in [2.24, 2.45) is 0 Å². The number of halogens is 2. The second-order valence-electron chi connectivity index (χ2n) is 4.78. The molecule has 1 heterocycles. The molecule has 0 fully saturated rings. The van der Waals surface area contributed by atoms with Gasteiger partial charge in [0.25, 0.3) is 0 Å². The second kappa shape index (κ2) is 7.29. The minimum absolute atomic E-state index is 0.295. The van der Waals surface area contributed by atoms with Crippen molar-refractivity contribution in [1.29, 1.82) is 0 Å². The SMILES string of the molecule is O=C(C=Cc1c(Cl)cccc1Cl)Nc1ccc(-c2nnco2)cc1. The summed E-state index contributed by atoms with van der Waals surface area (Å²) in [5.74, 6) is 0.123. The zero-order valence-electron chi connectivity index (χ0n) is 12.2. The van der Waals surface area contributed by atoms with Gasteiger partial charge in [0, 0.05) is 32.9 Å². The summed E-state index contributed by atoms with van der Waals surface area (Å²) in [5, 5.41) is 11.1. The third-order valence-electron chi connectivity index (χ3n) is 3.16. The van der Waals surface area contributed by atoms with Crippen LogP contribution in [0.2, 0.25) is 10.0 Å². The van der Waals surface area contributed by atoms with Gasteiger partial charge in [-0.15, -0.1) is 10.2 Å². The average molecular weight is 360 g/mol. The lowest BCUT2D eigenvalue weighted by atomic mass is 10.2. The highest BCUT2D eigenvalue weighted by Gasteiger charge is 2.05. The summed E-state index contributed by atoms with van der Waals surface area (Å²) in [4.78, 5) is 12.0. The van der Waals surface area contributed by atoms with Gasteiger partial charge < -0.3 is 9.73 Å². The molecule has 0 aliphatic carbocycles. The summed E-state index contributed by atoms with van der Waals surface area (Å²) >= 11 is 12.1. The smallest absolute Gasteiger partial charge is 0.248 e. The van der Waals surface area contributed by atoms with E-state index in [-0.39, 0.29) is 5.91 Å². The molecule has 0 aliphatic heterocycles. The number of rotatable bonds is 4. The van der Waals surface area contributed by atoms with Crippen molar-refractivity contribution < 1.29 is 9.21 Å². The highest BCUT2D eigenvalue weighted by molar-refractivity contribution is 6.37. The van der Waals surface area contributed by atoms with Crippen molar-refractivity contribution in [2.75, 3.05) is 5.32 Å². The van der Waals surface area contributed by atoms with Crippen LogP contribution in [0.5, 0.6) is 0 Å². The molecule has 1 aromatic heterocycles. The Bertz CT molecular complexity index is 855. The maximum absolute atomic E-state index is 12.0. The van der Waals surface area contributed by atoms with Gasteiger partial charge in [0.15, 0.2) is 0 Å². The fourth-order valence-electron chi connectivity index (χ4n) is 2.01. The first-order chi connectivity index (χ1) is 11.6. The van der Waals surface area contributed by atoms with Crippen LogP contribution in [0.25, 0.3) is 17.5 Å². The van der Waals surface area contributed by atoms with E-state index in [9.17, 15) is 4.79 Å². The number of nitrogens with one attached hydrogen (secondary N) is 1. The zero-order valence-corrected chi connectivity index (χ0v) is 13.8. The number of hydrogen-bond acceptors (Lipinski definition) is 4. The number of benzene rings is 2. The average Bonchev–Trinajstić information content (AvgIpc) is 3.09. The molecule has 0 aliphatic rings. The highest BCUT2D eigenvalue weighted by atomic mass is 35.5. The number of aromatic nitrogens is 2. The Kier molecular flexibility index (Phi) is 4.93. The van der Waals surface area contributed by atoms with Crippen LogP contribution in [0.4, 0.5) is 5.69 Å². The monoisotopic (exact) mass is 359 g/mol. The Morgan fingerprint density at radius 2 is 1.79 bits per heavy atom. The van der Waals surface area contributed by atoms with Crippen LogP contribution < -0.4 is 5.32 Å². The fourth-order valence-corrected chi connectivity index (χ4v) is 2.53. The van der Waals surface area contributed by atoms with E-state index >= 15 is 0 Å². The van der Waals surface area contributed by atoms with Gasteiger partial charge in [-0.2, -0.15) is 0 Å². The normalized spacial score (nSPS) is 10.9. The standard InChI is InChI=1S/C17H11Cl2N3O2/c18-14-2-1-3-15(19)13(14)8-9-16(23)21-12-6-4-11(5-7-12)17-22-20-10-24-17/h1-10H,(H,21,23). The Morgan fingerprint density at radius 3 is 2.42 bits per heavy atom. The predicted molar refractivity (Wildman–Crippen MR) is 93.9 cm³/mol. The lowest BCUT2D eigenvalue weighted by molar-refractivity contribution is -0.111. The largest absolute Gasteiger partial charge is 0.423 e. The van der Waals surface area contributed by atoms with Gasteiger partial charge in [-0.3, -0.25) is 4.79 Å². The molecule has 0 bridgehead atoms. The maximum atomic E-state index is 12.0. The molecule has 7 heteroatoms. The zero-order chi connectivity index (χ0) is 16.9. The molecule has 3 rings (SSSR count). The van der Waals surface area contributed by atoms with Crippen LogP contribution >= 0.6 is 23.2 Å². The second-order valence-corrected chi connectivity index (χ2v) is 5.59. The maximum Gasteiger partial charge on any atom is 0.248 e. The third kappa shape index (κ3) is 3.82. The van der Waals surface area contributed by atoms with Crippen LogP contribution in [-0.2, 0) is 4.79 Å². The summed E-state index contributed by atoms with van der Waals surface area (Å²) in [6.45, 7) is 0. The van der Waals surface area contributed by atoms with Gasteiger partial charge in [0.05, 0.1) is 0 Å². The molecule has 1 amide bonds. The van der Waals surface area contributed by atoms with Gasteiger partial charge in [-0.1, -0.05) is 29.3 Å². The molecule has 0 spiro atoms. The number of anilines is 1. The minimum atomic E-state index is -0.295. The van der Waals surface area contributed by atoms with E-state index in [2.05, 4.69) is 15.5 Å². The van der Waals surface area contributed by atoms with Gasteiger partial charge >= 0.3 is 0 Å². The molecule has 0 radical (unpaired) electrons. The van der Waals surface area contributed by atoms with Gasteiger partial charge in [-0.25, -0.2) is 0 Å². The fraction of sp³-hybridized carbons (Fsp3) is 0. The van der Waals surface area contributed by atoms with E-state index in [1.54, 1.807) is 48.5 Å². The predicted octanol–water partition coefficient (Wildman–Crippen LogP) is 4.70. The highest BCUT2D eigenvalue weighted by Crippen LogP contribution is 2.25. The molecule has 24 heavy (non-hydrogen) atoms. The third-order valence-corrected chi connectivity index (χ3v) is 3.82. The van der Waals surface area contributed by atoms with Crippen molar-refractivity contribution in [3.63, 3.8) is 0 Å². The van der Waals surface area contributed by atoms with Gasteiger partial charge in [0.2, 0.25) is 18.2 Å². The Morgan fingerprint density at radius 1 is 1.08 bits per heavy atom. The summed E-state index contributed by atoms with van der Waals surface area (Å²) in [7, 11) is 0. The summed E-state index contributed by atoms with van der Waals surface area (Å²) in [6.07, 6.45) is 4.21. The van der Waals surface area contributed by atoms with E-state index in [0.29, 0.717) is 27.2 Å². The van der Waals surface area contributed by atoms with Crippen LogP contribution in [0.3, 0.4) is 0 Å². The number of carbonyl (C=O) groups excluding carboxylic acids is 1. The topological polar surface area (TPSA) is 68.0 Å². The van der Waals surface area contributed by atoms with E-state index in [4.69, 9.17) is 27.6 Å². The Labute approximate surface area is 147 Å². The molecule has 0 saturated heterocycles. The summed E-state index contributed by atoms with van der Waals surface area (Å²) < 4.78 is 5.10. The van der Waals surface area contributed by atoms with E-state index in [1.807, 2.05) is 0 Å². The molecular weight excluding hydrogens is 349 g/mol. The van der Waals surface area contributed by atoms with Crippen molar-refractivity contribution >= 4 is 40.9 Å². The van der Waals surface area contributed by atoms with Crippen LogP contribution in [0.1, 0.15) is 5.56 Å². The first-order valence-electron chi connectivity index (χ1n) is 6.93. The molecule has 1 N–H and O–H groups in total. The van der Waals surface area contributed by atoms with Crippen LogP contribution in [-0.4, -0.2) is 16.1 Å². The number of nitrogens with zero attached hydrogens (tertiary/aromatic N) is 2. The molecule has 0 unspecified atom stereocenters. The quantitative estimate of drug-likeness (QED) is 0.685. The van der Waals surface area contributed by atoms with Gasteiger partial charge in [0.1, 0.15) is 0 Å².